The van der Waals surface area contributed by atoms with Gasteiger partial charge in [0.25, 0.3) is 0 Å². The van der Waals surface area contributed by atoms with E-state index in [-0.39, 0.29) is 5.69 Å². The van der Waals surface area contributed by atoms with E-state index in [1.165, 1.54) is 4.68 Å². The molecule has 0 atom stereocenters. The number of nitrogens with one attached hydrogen (secondary N) is 1. The molecule has 0 aliphatic rings. The number of nitrogens with zero attached hydrogens (tertiary/aromatic N) is 4. The van der Waals surface area contributed by atoms with Gasteiger partial charge < -0.3 is 5.32 Å². The van der Waals surface area contributed by atoms with E-state index in [1.54, 1.807) is 26.4 Å². The molecule has 0 aliphatic carbocycles. The van der Waals surface area contributed by atoms with E-state index in [2.05, 4.69) is 15.4 Å². The minimum atomic E-state index is -0.416. The summed E-state index contributed by atoms with van der Waals surface area (Å²) in [6.07, 6.45) is 3.47. The zero-order chi connectivity index (χ0) is 14.0. The Labute approximate surface area is 110 Å². The van der Waals surface area contributed by atoms with Crippen LogP contribution in [0.25, 0.3) is 0 Å². The van der Waals surface area contributed by atoms with E-state index < -0.39 is 4.92 Å². The molecular weight excluding hydrogens is 246 g/mol. The summed E-state index contributed by atoms with van der Waals surface area (Å²) in [5.41, 5.74) is 2.50. The highest BCUT2D eigenvalue weighted by Crippen LogP contribution is 2.27. The summed E-state index contributed by atoms with van der Waals surface area (Å²) >= 11 is 0. The summed E-state index contributed by atoms with van der Waals surface area (Å²) in [4.78, 5) is 14.7. The zero-order valence-corrected chi connectivity index (χ0v) is 11.0. The summed E-state index contributed by atoms with van der Waals surface area (Å²) in [5.74, 6) is 0.408. The lowest BCUT2D eigenvalue weighted by Crippen LogP contribution is -2.07. The van der Waals surface area contributed by atoms with Crippen LogP contribution in [0.3, 0.4) is 0 Å². The minimum absolute atomic E-state index is 0.0176. The third-order valence-corrected chi connectivity index (χ3v) is 2.97. The fourth-order valence-corrected chi connectivity index (χ4v) is 1.92. The maximum absolute atomic E-state index is 11.0. The van der Waals surface area contributed by atoms with Crippen molar-refractivity contribution in [2.75, 3.05) is 5.32 Å². The third-order valence-electron chi connectivity index (χ3n) is 2.97. The highest BCUT2D eigenvalue weighted by Gasteiger charge is 2.23. The first kappa shape index (κ1) is 13.0. The van der Waals surface area contributed by atoms with Crippen LogP contribution in [-0.2, 0) is 13.6 Å². The number of nitro groups is 1. The highest BCUT2D eigenvalue weighted by atomic mass is 16.6. The Kier molecular flexibility index (Phi) is 3.46. The Balaban J connectivity index is 2.25. The second kappa shape index (κ2) is 5.05. The third kappa shape index (κ3) is 2.54. The molecule has 2 aromatic rings. The summed E-state index contributed by atoms with van der Waals surface area (Å²) < 4.78 is 1.49. The first-order valence-corrected chi connectivity index (χ1v) is 5.82. The van der Waals surface area contributed by atoms with E-state index in [0.717, 1.165) is 11.1 Å². The van der Waals surface area contributed by atoms with Crippen molar-refractivity contribution in [1.29, 1.82) is 0 Å². The first-order chi connectivity index (χ1) is 9.00. The van der Waals surface area contributed by atoms with Crippen molar-refractivity contribution >= 4 is 11.5 Å². The Morgan fingerprint density at radius 1 is 1.47 bits per heavy atom. The fourth-order valence-electron chi connectivity index (χ4n) is 1.92. The van der Waals surface area contributed by atoms with Crippen LogP contribution in [0.2, 0.25) is 0 Å². The highest BCUT2D eigenvalue weighted by molar-refractivity contribution is 5.59. The van der Waals surface area contributed by atoms with Gasteiger partial charge in [-0.1, -0.05) is 0 Å². The van der Waals surface area contributed by atoms with Gasteiger partial charge in [0.15, 0.2) is 0 Å². The number of pyridine rings is 1. The molecule has 0 saturated carbocycles. The largest absolute Gasteiger partial charge is 0.360 e. The molecule has 0 amide bonds. The van der Waals surface area contributed by atoms with Gasteiger partial charge in [0.1, 0.15) is 5.69 Å². The molecular formula is C12H15N5O2. The van der Waals surface area contributed by atoms with Gasteiger partial charge in [-0.05, 0) is 31.0 Å². The van der Waals surface area contributed by atoms with Gasteiger partial charge >= 0.3 is 5.69 Å². The van der Waals surface area contributed by atoms with Crippen LogP contribution in [-0.4, -0.2) is 19.7 Å². The lowest BCUT2D eigenvalue weighted by Gasteiger charge is -2.08. The average Bonchev–Trinajstić information content (AvgIpc) is 2.63. The second-order valence-electron chi connectivity index (χ2n) is 4.32. The Morgan fingerprint density at radius 2 is 2.21 bits per heavy atom. The van der Waals surface area contributed by atoms with Crippen molar-refractivity contribution in [3.05, 3.63) is 45.4 Å². The van der Waals surface area contributed by atoms with Gasteiger partial charge in [0.2, 0.25) is 5.82 Å². The van der Waals surface area contributed by atoms with Crippen LogP contribution in [0.1, 0.15) is 16.8 Å². The monoisotopic (exact) mass is 261 g/mol. The summed E-state index contributed by atoms with van der Waals surface area (Å²) in [6, 6.07) is 1.90. The van der Waals surface area contributed by atoms with E-state index in [1.807, 2.05) is 13.0 Å². The molecule has 0 unspecified atom stereocenters. The summed E-state index contributed by atoms with van der Waals surface area (Å²) in [7, 11) is 1.68. The van der Waals surface area contributed by atoms with Crippen molar-refractivity contribution in [1.82, 2.24) is 14.8 Å². The van der Waals surface area contributed by atoms with Gasteiger partial charge in [-0.15, -0.1) is 0 Å². The molecule has 7 heteroatoms. The Hall–Kier alpha value is -2.44. The van der Waals surface area contributed by atoms with Crippen LogP contribution in [0.4, 0.5) is 11.5 Å². The molecule has 0 fully saturated rings. The van der Waals surface area contributed by atoms with Gasteiger partial charge in [0, 0.05) is 26.0 Å². The molecule has 0 bridgehead atoms. The minimum Gasteiger partial charge on any atom is -0.360 e. The van der Waals surface area contributed by atoms with Gasteiger partial charge in [-0.2, -0.15) is 5.10 Å². The topological polar surface area (TPSA) is 85.9 Å². The SMILES string of the molecule is Cc1ccncc1CNc1c([N+](=O)[O-])c(C)nn1C. The number of rotatable bonds is 4. The molecule has 2 heterocycles. The quantitative estimate of drug-likeness (QED) is 0.671. The molecule has 0 aromatic carbocycles. The van der Waals surface area contributed by atoms with Crippen molar-refractivity contribution < 1.29 is 4.92 Å². The van der Waals surface area contributed by atoms with Gasteiger partial charge in [0.05, 0.1) is 4.92 Å². The van der Waals surface area contributed by atoms with E-state index >= 15 is 0 Å². The Morgan fingerprint density at radius 3 is 2.84 bits per heavy atom. The molecule has 0 radical (unpaired) electrons. The van der Waals surface area contributed by atoms with Gasteiger partial charge in [-0.3, -0.25) is 15.1 Å². The van der Waals surface area contributed by atoms with Crippen LogP contribution < -0.4 is 5.32 Å². The number of anilines is 1. The lowest BCUT2D eigenvalue weighted by molar-refractivity contribution is -0.384. The number of aromatic nitrogens is 3. The first-order valence-electron chi connectivity index (χ1n) is 5.82. The van der Waals surface area contributed by atoms with Crippen LogP contribution >= 0.6 is 0 Å². The van der Waals surface area contributed by atoms with E-state index in [4.69, 9.17) is 0 Å². The second-order valence-corrected chi connectivity index (χ2v) is 4.32. The predicted octanol–water partition coefficient (Wildman–Crippen LogP) is 1.95. The fraction of sp³-hybridized carbons (Fsp3) is 0.333. The van der Waals surface area contributed by atoms with Crippen molar-refractivity contribution in [3.63, 3.8) is 0 Å². The van der Waals surface area contributed by atoms with Crippen molar-refractivity contribution in [2.24, 2.45) is 7.05 Å². The van der Waals surface area contributed by atoms with Crippen molar-refractivity contribution in [3.8, 4) is 0 Å². The van der Waals surface area contributed by atoms with Gasteiger partial charge in [-0.25, -0.2) is 4.68 Å². The van der Waals surface area contributed by atoms with Crippen LogP contribution in [0.15, 0.2) is 18.5 Å². The van der Waals surface area contributed by atoms with Crippen molar-refractivity contribution in [2.45, 2.75) is 20.4 Å². The molecule has 1 N–H and O–H groups in total. The molecule has 0 spiro atoms. The standard InChI is InChI=1S/C12H15N5O2/c1-8-4-5-13-6-10(8)7-14-12-11(17(18)19)9(2)15-16(12)3/h4-6,14H,7H2,1-3H3. The predicted molar refractivity (Wildman–Crippen MR) is 70.9 cm³/mol. The number of aryl methyl sites for hydroxylation is 3. The molecule has 2 aromatic heterocycles. The maximum atomic E-state index is 11.0. The number of hydrogen-bond donors (Lipinski definition) is 1. The number of hydrogen-bond acceptors (Lipinski definition) is 5. The molecule has 2 rings (SSSR count). The molecule has 0 saturated heterocycles. The maximum Gasteiger partial charge on any atom is 0.333 e. The average molecular weight is 261 g/mol. The smallest absolute Gasteiger partial charge is 0.333 e. The summed E-state index contributed by atoms with van der Waals surface area (Å²) in [5, 5.41) is 18.2. The summed E-state index contributed by atoms with van der Waals surface area (Å²) in [6.45, 7) is 4.07. The molecule has 7 nitrogen and oxygen atoms in total. The Bertz CT molecular complexity index is 621. The molecule has 100 valence electrons. The normalized spacial score (nSPS) is 10.5. The van der Waals surface area contributed by atoms with E-state index in [0.29, 0.717) is 18.1 Å². The zero-order valence-electron chi connectivity index (χ0n) is 11.0. The van der Waals surface area contributed by atoms with E-state index in [9.17, 15) is 10.1 Å². The molecule has 0 aliphatic heterocycles. The van der Waals surface area contributed by atoms with Crippen LogP contribution in [0.5, 0.6) is 0 Å². The lowest BCUT2D eigenvalue weighted by atomic mass is 10.1. The van der Waals surface area contributed by atoms with Crippen LogP contribution in [0, 0.1) is 24.0 Å². The molecule has 19 heavy (non-hydrogen) atoms.